The summed E-state index contributed by atoms with van der Waals surface area (Å²) in [5, 5.41) is 7.02. The predicted octanol–water partition coefficient (Wildman–Crippen LogP) is 2.12. The van der Waals surface area contributed by atoms with Crippen LogP contribution in [0.15, 0.2) is 39.7 Å². The normalized spacial score (nSPS) is 10.5. The van der Waals surface area contributed by atoms with Gasteiger partial charge in [-0.3, -0.25) is 0 Å². The van der Waals surface area contributed by atoms with E-state index in [2.05, 4.69) is 31.4 Å². The van der Waals surface area contributed by atoms with Crippen LogP contribution in [0.3, 0.4) is 0 Å². The first-order chi connectivity index (χ1) is 7.34. The molecular weight excluding hydrogens is 258 g/mol. The second kappa shape index (κ2) is 5.04. The van der Waals surface area contributed by atoms with Crippen LogP contribution in [0, 0.1) is 0 Å². The number of rotatable bonds is 4. The maximum Gasteiger partial charge on any atom is 0.124 e. The molecule has 0 bridgehead atoms. The van der Waals surface area contributed by atoms with E-state index in [0.717, 1.165) is 16.0 Å². The van der Waals surface area contributed by atoms with E-state index in [1.54, 1.807) is 6.26 Å². The summed E-state index contributed by atoms with van der Waals surface area (Å²) in [4.78, 5) is 4.30. The van der Waals surface area contributed by atoms with Gasteiger partial charge in [-0.1, -0.05) is 11.2 Å². The van der Waals surface area contributed by atoms with Gasteiger partial charge < -0.3 is 9.84 Å². The molecule has 5 heteroatoms. The number of pyridine rings is 1. The molecule has 0 aliphatic carbocycles. The smallest absolute Gasteiger partial charge is 0.124 e. The fourth-order valence-corrected chi connectivity index (χ4v) is 1.58. The fraction of sp³-hybridized carbons (Fsp3) is 0.200. The van der Waals surface area contributed by atoms with Crippen molar-refractivity contribution in [2.75, 3.05) is 0 Å². The van der Waals surface area contributed by atoms with Gasteiger partial charge in [-0.2, -0.15) is 0 Å². The van der Waals surface area contributed by atoms with E-state index in [9.17, 15) is 0 Å². The molecule has 0 radical (unpaired) electrons. The number of nitrogens with zero attached hydrogens (tertiary/aromatic N) is 2. The third kappa shape index (κ3) is 3.14. The second-order valence-electron chi connectivity index (χ2n) is 3.05. The number of hydrogen-bond acceptors (Lipinski definition) is 4. The van der Waals surface area contributed by atoms with E-state index in [0.29, 0.717) is 13.1 Å². The molecule has 2 heterocycles. The van der Waals surface area contributed by atoms with Crippen molar-refractivity contribution >= 4 is 15.9 Å². The molecule has 0 fully saturated rings. The molecule has 0 aliphatic rings. The summed E-state index contributed by atoms with van der Waals surface area (Å²) in [5.41, 5.74) is 1.89. The molecule has 0 saturated heterocycles. The Morgan fingerprint density at radius 3 is 2.80 bits per heavy atom. The summed E-state index contributed by atoms with van der Waals surface area (Å²) < 4.78 is 5.57. The van der Waals surface area contributed by atoms with Gasteiger partial charge in [0.05, 0.1) is 11.4 Å². The monoisotopic (exact) mass is 267 g/mol. The summed E-state index contributed by atoms with van der Waals surface area (Å²) in [5.74, 6) is 0. The van der Waals surface area contributed by atoms with Gasteiger partial charge >= 0.3 is 0 Å². The van der Waals surface area contributed by atoms with Gasteiger partial charge in [0, 0.05) is 19.2 Å². The molecule has 78 valence electrons. The highest BCUT2D eigenvalue weighted by molar-refractivity contribution is 9.10. The Bertz CT molecular complexity index is 416. The first kappa shape index (κ1) is 10.3. The summed E-state index contributed by atoms with van der Waals surface area (Å²) in [6, 6.07) is 7.67. The van der Waals surface area contributed by atoms with E-state index in [1.165, 1.54) is 0 Å². The quantitative estimate of drug-likeness (QED) is 0.863. The zero-order chi connectivity index (χ0) is 10.5. The Hall–Kier alpha value is -1.20. The molecule has 0 spiro atoms. The average Bonchev–Trinajstić information content (AvgIpc) is 2.71. The highest BCUT2D eigenvalue weighted by Crippen LogP contribution is 2.06. The van der Waals surface area contributed by atoms with Crippen molar-refractivity contribution in [2.24, 2.45) is 0 Å². The minimum absolute atomic E-state index is 0.685. The van der Waals surface area contributed by atoms with Gasteiger partial charge in [0.1, 0.15) is 10.9 Å². The van der Waals surface area contributed by atoms with Crippen LogP contribution in [0.1, 0.15) is 11.4 Å². The molecule has 0 unspecified atom stereocenters. The molecule has 0 aliphatic heterocycles. The van der Waals surface area contributed by atoms with Crippen molar-refractivity contribution in [1.82, 2.24) is 15.5 Å². The topological polar surface area (TPSA) is 51.0 Å². The summed E-state index contributed by atoms with van der Waals surface area (Å²) in [6.45, 7) is 1.40. The van der Waals surface area contributed by atoms with Crippen molar-refractivity contribution in [3.63, 3.8) is 0 Å². The van der Waals surface area contributed by atoms with Crippen molar-refractivity contribution < 1.29 is 4.52 Å². The van der Waals surface area contributed by atoms with Crippen LogP contribution in [-0.2, 0) is 13.1 Å². The lowest BCUT2D eigenvalue weighted by atomic mass is 10.3. The van der Waals surface area contributed by atoms with Crippen molar-refractivity contribution in [2.45, 2.75) is 13.1 Å². The molecule has 15 heavy (non-hydrogen) atoms. The molecule has 1 N–H and O–H groups in total. The van der Waals surface area contributed by atoms with Crippen LogP contribution in [0.4, 0.5) is 0 Å². The van der Waals surface area contributed by atoms with Crippen LogP contribution < -0.4 is 5.32 Å². The van der Waals surface area contributed by atoms with E-state index in [4.69, 9.17) is 4.52 Å². The van der Waals surface area contributed by atoms with Gasteiger partial charge in [-0.05, 0) is 28.1 Å². The Balaban J connectivity index is 1.83. The first-order valence-corrected chi connectivity index (χ1v) is 5.35. The molecular formula is C10H10BrN3O. The van der Waals surface area contributed by atoms with Crippen molar-refractivity contribution in [3.05, 3.63) is 46.5 Å². The van der Waals surface area contributed by atoms with E-state index < -0.39 is 0 Å². The molecule has 2 aromatic rings. The van der Waals surface area contributed by atoms with E-state index in [-0.39, 0.29) is 0 Å². The summed E-state index contributed by atoms with van der Waals surface area (Å²) in [7, 11) is 0. The van der Waals surface area contributed by atoms with Gasteiger partial charge in [-0.15, -0.1) is 0 Å². The van der Waals surface area contributed by atoms with Gasteiger partial charge in [0.25, 0.3) is 0 Å². The van der Waals surface area contributed by atoms with Gasteiger partial charge in [-0.25, -0.2) is 4.98 Å². The summed E-state index contributed by atoms with van der Waals surface area (Å²) in [6.07, 6.45) is 1.56. The second-order valence-corrected chi connectivity index (χ2v) is 3.86. The van der Waals surface area contributed by atoms with Crippen LogP contribution in [0.5, 0.6) is 0 Å². The van der Waals surface area contributed by atoms with Crippen LogP contribution in [-0.4, -0.2) is 10.1 Å². The molecule has 4 nitrogen and oxygen atoms in total. The fourth-order valence-electron chi connectivity index (χ4n) is 1.20. The average molecular weight is 268 g/mol. The molecule has 2 rings (SSSR count). The number of nitrogens with one attached hydrogen (secondary N) is 1. The number of aromatic nitrogens is 2. The van der Waals surface area contributed by atoms with Crippen molar-refractivity contribution in [1.29, 1.82) is 0 Å². The SMILES string of the molecule is Brc1cccc(CNCc2ccon2)n1. The third-order valence-electron chi connectivity index (χ3n) is 1.88. The Kier molecular flexibility index (Phi) is 3.47. The largest absolute Gasteiger partial charge is 0.364 e. The lowest BCUT2D eigenvalue weighted by Crippen LogP contribution is -2.13. The minimum atomic E-state index is 0.685. The number of hydrogen-bond donors (Lipinski definition) is 1. The van der Waals surface area contributed by atoms with Crippen LogP contribution in [0.2, 0.25) is 0 Å². The Labute approximate surface area is 95.8 Å². The predicted molar refractivity (Wildman–Crippen MR) is 59.0 cm³/mol. The third-order valence-corrected chi connectivity index (χ3v) is 2.32. The molecule has 2 aromatic heterocycles. The van der Waals surface area contributed by atoms with Crippen LogP contribution in [0.25, 0.3) is 0 Å². The minimum Gasteiger partial charge on any atom is -0.364 e. The highest BCUT2D eigenvalue weighted by atomic mass is 79.9. The van der Waals surface area contributed by atoms with Crippen molar-refractivity contribution in [3.8, 4) is 0 Å². The maximum atomic E-state index is 4.72. The first-order valence-electron chi connectivity index (χ1n) is 4.56. The van der Waals surface area contributed by atoms with Crippen LogP contribution >= 0.6 is 15.9 Å². The Morgan fingerprint density at radius 2 is 2.07 bits per heavy atom. The zero-order valence-corrected chi connectivity index (χ0v) is 9.57. The standard InChI is InChI=1S/C10H10BrN3O/c11-10-3-1-2-8(13-10)6-12-7-9-4-5-15-14-9/h1-5,12H,6-7H2. The lowest BCUT2D eigenvalue weighted by molar-refractivity contribution is 0.408. The zero-order valence-electron chi connectivity index (χ0n) is 7.98. The Morgan fingerprint density at radius 1 is 1.20 bits per heavy atom. The molecule has 0 amide bonds. The molecule has 0 saturated carbocycles. The molecule has 0 atom stereocenters. The lowest BCUT2D eigenvalue weighted by Gasteiger charge is -2.01. The molecule has 0 aromatic carbocycles. The van der Waals surface area contributed by atoms with Gasteiger partial charge in [0.2, 0.25) is 0 Å². The maximum absolute atomic E-state index is 4.72. The van der Waals surface area contributed by atoms with E-state index >= 15 is 0 Å². The van der Waals surface area contributed by atoms with Gasteiger partial charge in [0.15, 0.2) is 0 Å². The highest BCUT2D eigenvalue weighted by Gasteiger charge is 1.97. The number of halogens is 1. The summed E-state index contributed by atoms with van der Waals surface area (Å²) >= 11 is 3.33. The van der Waals surface area contributed by atoms with E-state index in [1.807, 2.05) is 24.3 Å².